The molecule has 0 radical (unpaired) electrons. The Morgan fingerprint density at radius 2 is 2.16 bits per heavy atom. The lowest BCUT2D eigenvalue weighted by atomic mass is 10.2. The van der Waals surface area contributed by atoms with Crippen molar-refractivity contribution in [3.05, 3.63) is 40.6 Å². The monoisotopic (exact) mass is 322 g/mol. The molecular weight excluding hydrogens is 308 g/mol. The number of benzene rings is 1. The summed E-state index contributed by atoms with van der Waals surface area (Å²) in [6.45, 7) is 0.701. The van der Waals surface area contributed by atoms with Crippen LogP contribution in [0.2, 0.25) is 0 Å². The molecule has 100 valence electrons. The zero-order valence-electron chi connectivity index (χ0n) is 10.8. The number of nitrogen functional groups attached to an aromatic ring is 1. The fourth-order valence-electron chi connectivity index (χ4n) is 1.76. The predicted octanol–water partition coefficient (Wildman–Crippen LogP) is 2.47. The molecule has 0 saturated carbocycles. The largest absolute Gasteiger partial charge is 0.497 e. The van der Waals surface area contributed by atoms with Crippen molar-refractivity contribution < 1.29 is 4.74 Å². The van der Waals surface area contributed by atoms with Gasteiger partial charge >= 0.3 is 0 Å². The summed E-state index contributed by atoms with van der Waals surface area (Å²) in [6, 6.07) is 7.92. The third-order valence-corrected chi connectivity index (χ3v) is 3.47. The summed E-state index contributed by atoms with van der Waals surface area (Å²) in [6.07, 6.45) is 1.46. The predicted molar refractivity (Wildman–Crippen MR) is 79.2 cm³/mol. The van der Waals surface area contributed by atoms with Crippen LogP contribution in [0.3, 0.4) is 0 Å². The van der Waals surface area contributed by atoms with Crippen molar-refractivity contribution in [1.82, 2.24) is 9.97 Å². The lowest BCUT2D eigenvalue weighted by molar-refractivity contribution is 0.414. The van der Waals surface area contributed by atoms with Crippen LogP contribution >= 0.6 is 15.9 Å². The molecule has 2 rings (SSSR count). The summed E-state index contributed by atoms with van der Waals surface area (Å²) in [5.41, 5.74) is 6.88. The molecule has 2 aromatic rings. The minimum absolute atomic E-state index is 0.433. The van der Waals surface area contributed by atoms with Crippen molar-refractivity contribution in [2.24, 2.45) is 0 Å². The van der Waals surface area contributed by atoms with E-state index in [-0.39, 0.29) is 0 Å². The summed E-state index contributed by atoms with van der Waals surface area (Å²) in [5, 5.41) is 0. The topological polar surface area (TPSA) is 64.3 Å². The van der Waals surface area contributed by atoms with Crippen LogP contribution in [0.4, 0.5) is 11.6 Å². The minimum Gasteiger partial charge on any atom is -0.497 e. The van der Waals surface area contributed by atoms with Gasteiger partial charge in [-0.25, -0.2) is 9.97 Å². The molecule has 1 heterocycles. The molecule has 0 unspecified atom stereocenters. The molecule has 5 nitrogen and oxygen atoms in total. The molecule has 0 bridgehead atoms. The zero-order valence-corrected chi connectivity index (χ0v) is 12.4. The van der Waals surface area contributed by atoms with E-state index < -0.39 is 0 Å². The van der Waals surface area contributed by atoms with Crippen LogP contribution in [0.25, 0.3) is 0 Å². The molecule has 0 aliphatic heterocycles. The molecule has 1 aromatic carbocycles. The second-order valence-corrected chi connectivity index (χ2v) is 4.90. The maximum absolute atomic E-state index is 5.75. The number of hydrogen-bond acceptors (Lipinski definition) is 5. The van der Waals surface area contributed by atoms with E-state index in [0.717, 1.165) is 17.1 Å². The Balaban J connectivity index is 2.20. The summed E-state index contributed by atoms with van der Waals surface area (Å²) < 4.78 is 5.92. The lowest BCUT2D eigenvalue weighted by Gasteiger charge is -2.20. The van der Waals surface area contributed by atoms with Crippen LogP contribution in [0, 0.1) is 0 Å². The first-order chi connectivity index (χ1) is 9.11. The van der Waals surface area contributed by atoms with E-state index in [2.05, 4.69) is 25.9 Å². The molecule has 1 aromatic heterocycles. The Morgan fingerprint density at radius 3 is 2.89 bits per heavy atom. The number of halogens is 1. The number of anilines is 2. The first-order valence-corrected chi connectivity index (χ1v) is 6.51. The van der Waals surface area contributed by atoms with E-state index in [1.807, 2.05) is 36.2 Å². The summed E-state index contributed by atoms with van der Waals surface area (Å²) >= 11 is 3.41. The van der Waals surface area contributed by atoms with Crippen LogP contribution in [0.15, 0.2) is 35.1 Å². The van der Waals surface area contributed by atoms with Crippen molar-refractivity contribution in [3.63, 3.8) is 0 Å². The average molecular weight is 323 g/mol. The Hall–Kier alpha value is -1.82. The first kappa shape index (κ1) is 13.6. The van der Waals surface area contributed by atoms with Gasteiger partial charge < -0.3 is 15.4 Å². The van der Waals surface area contributed by atoms with Crippen molar-refractivity contribution in [2.45, 2.75) is 6.54 Å². The van der Waals surface area contributed by atoms with Crippen LogP contribution in [0.5, 0.6) is 5.75 Å². The lowest BCUT2D eigenvalue weighted by Crippen LogP contribution is -2.19. The number of aromatic nitrogens is 2. The van der Waals surface area contributed by atoms with Crippen LogP contribution in [0.1, 0.15) is 5.56 Å². The molecular formula is C13H15BrN4O. The maximum atomic E-state index is 5.75. The van der Waals surface area contributed by atoms with Crippen molar-refractivity contribution >= 4 is 27.6 Å². The van der Waals surface area contributed by atoms with Crippen molar-refractivity contribution in [2.75, 3.05) is 24.8 Å². The second kappa shape index (κ2) is 5.88. The smallest absolute Gasteiger partial charge is 0.148 e. The van der Waals surface area contributed by atoms with Gasteiger partial charge in [0, 0.05) is 13.6 Å². The molecule has 0 aliphatic carbocycles. The fraction of sp³-hybridized carbons (Fsp3) is 0.231. The van der Waals surface area contributed by atoms with Crippen LogP contribution < -0.4 is 15.4 Å². The standard InChI is InChI=1S/C13H15BrN4O/c1-18(13-11(14)12(15)16-8-17-13)7-9-4-3-5-10(6-9)19-2/h3-6,8H,7H2,1-2H3,(H2,15,16,17). The Labute approximate surface area is 120 Å². The van der Waals surface area contributed by atoms with E-state index in [4.69, 9.17) is 10.5 Å². The van der Waals surface area contributed by atoms with Gasteiger partial charge in [0.25, 0.3) is 0 Å². The molecule has 0 amide bonds. The number of hydrogen-bond donors (Lipinski definition) is 1. The highest BCUT2D eigenvalue weighted by Gasteiger charge is 2.11. The van der Waals surface area contributed by atoms with Gasteiger partial charge in [-0.1, -0.05) is 12.1 Å². The molecule has 19 heavy (non-hydrogen) atoms. The quantitative estimate of drug-likeness (QED) is 0.936. The fourth-order valence-corrected chi connectivity index (χ4v) is 2.27. The second-order valence-electron chi connectivity index (χ2n) is 4.10. The minimum atomic E-state index is 0.433. The van der Waals surface area contributed by atoms with Gasteiger partial charge in [0.15, 0.2) is 0 Å². The summed E-state index contributed by atoms with van der Waals surface area (Å²) in [7, 11) is 3.61. The summed E-state index contributed by atoms with van der Waals surface area (Å²) in [5.74, 6) is 2.03. The molecule has 0 atom stereocenters. The SMILES string of the molecule is COc1cccc(CN(C)c2ncnc(N)c2Br)c1. The Kier molecular flexibility index (Phi) is 4.21. The van der Waals surface area contributed by atoms with E-state index in [9.17, 15) is 0 Å². The van der Waals surface area contributed by atoms with Gasteiger partial charge in [-0.05, 0) is 33.6 Å². The highest BCUT2D eigenvalue weighted by molar-refractivity contribution is 9.10. The molecule has 0 fully saturated rings. The van der Waals surface area contributed by atoms with Gasteiger partial charge in [-0.3, -0.25) is 0 Å². The van der Waals surface area contributed by atoms with Gasteiger partial charge in [0.2, 0.25) is 0 Å². The van der Waals surface area contributed by atoms with Gasteiger partial charge in [0.1, 0.15) is 28.2 Å². The van der Waals surface area contributed by atoms with Gasteiger partial charge in [0.05, 0.1) is 7.11 Å². The number of rotatable bonds is 4. The summed E-state index contributed by atoms with van der Waals surface area (Å²) in [4.78, 5) is 10.2. The van der Waals surface area contributed by atoms with E-state index in [1.165, 1.54) is 6.33 Å². The maximum Gasteiger partial charge on any atom is 0.148 e. The normalized spacial score (nSPS) is 10.3. The van der Waals surface area contributed by atoms with E-state index >= 15 is 0 Å². The first-order valence-electron chi connectivity index (χ1n) is 5.72. The third-order valence-electron chi connectivity index (χ3n) is 2.71. The van der Waals surface area contributed by atoms with Crippen molar-refractivity contribution in [3.8, 4) is 5.75 Å². The molecule has 0 spiro atoms. The molecule has 0 aliphatic rings. The number of methoxy groups -OCH3 is 1. The number of nitrogens with zero attached hydrogens (tertiary/aromatic N) is 3. The van der Waals surface area contributed by atoms with E-state index in [0.29, 0.717) is 16.8 Å². The highest BCUT2D eigenvalue weighted by atomic mass is 79.9. The number of nitrogens with two attached hydrogens (primary N) is 1. The average Bonchev–Trinajstić information content (AvgIpc) is 2.42. The van der Waals surface area contributed by atoms with Crippen LogP contribution in [-0.2, 0) is 6.54 Å². The Bertz CT molecular complexity index is 576. The van der Waals surface area contributed by atoms with Crippen LogP contribution in [-0.4, -0.2) is 24.1 Å². The Morgan fingerprint density at radius 1 is 1.37 bits per heavy atom. The molecule has 0 saturated heterocycles. The van der Waals surface area contributed by atoms with Crippen molar-refractivity contribution in [1.29, 1.82) is 0 Å². The van der Waals surface area contributed by atoms with Gasteiger partial charge in [-0.15, -0.1) is 0 Å². The third kappa shape index (κ3) is 3.14. The van der Waals surface area contributed by atoms with E-state index in [1.54, 1.807) is 7.11 Å². The zero-order chi connectivity index (χ0) is 13.8. The highest BCUT2D eigenvalue weighted by Crippen LogP contribution is 2.27. The molecule has 6 heteroatoms. The molecule has 2 N–H and O–H groups in total. The van der Waals surface area contributed by atoms with Gasteiger partial charge in [-0.2, -0.15) is 0 Å². The number of ether oxygens (including phenoxy) is 1.